The Labute approximate surface area is 178 Å². The van der Waals surface area contributed by atoms with Crippen LogP contribution in [0.4, 0.5) is 0 Å². The van der Waals surface area contributed by atoms with Gasteiger partial charge in [-0.15, -0.1) is 0 Å². The van der Waals surface area contributed by atoms with Gasteiger partial charge in [0.15, 0.2) is 5.78 Å². The van der Waals surface area contributed by atoms with E-state index in [1.165, 1.54) is 11.1 Å². The summed E-state index contributed by atoms with van der Waals surface area (Å²) in [5.74, 6) is 0.462. The number of ketones is 1. The van der Waals surface area contributed by atoms with Crippen LogP contribution < -0.4 is 11.1 Å². The number of carbonyl (C=O) groups is 2. The van der Waals surface area contributed by atoms with Crippen LogP contribution in [0, 0.1) is 18.3 Å². The lowest BCUT2D eigenvalue weighted by atomic mass is 9.95. The van der Waals surface area contributed by atoms with Gasteiger partial charge in [0.05, 0.1) is 6.04 Å². The second-order valence-electron chi connectivity index (χ2n) is 8.43. The van der Waals surface area contributed by atoms with Gasteiger partial charge >= 0.3 is 0 Å². The van der Waals surface area contributed by atoms with Gasteiger partial charge in [-0.2, -0.15) is 0 Å². The van der Waals surface area contributed by atoms with Crippen molar-refractivity contribution in [1.29, 1.82) is 5.41 Å². The molecule has 1 unspecified atom stereocenters. The normalized spacial score (nSPS) is 19.3. The molecule has 4 N–H and O–H groups in total. The van der Waals surface area contributed by atoms with Gasteiger partial charge in [0, 0.05) is 17.9 Å². The molecule has 1 aliphatic carbocycles. The third-order valence-electron chi connectivity index (χ3n) is 6.08. The van der Waals surface area contributed by atoms with E-state index in [9.17, 15) is 9.59 Å². The van der Waals surface area contributed by atoms with E-state index in [1.807, 2.05) is 12.1 Å². The number of amides is 1. The van der Waals surface area contributed by atoms with Gasteiger partial charge < -0.3 is 11.1 Å². The number of nitrogens with one attached hydrogen (secondary N) is 2. The number of hydrogen-bond donors (Lipinski definition) is 3. The Kier molecular flexibility index (Phi) is 7.03. The van der Waals surface area contributed by atoms with Crippen LogP contribution in [-0.4, -0.2) is 23.6 Å². The van der Waals surface area contributed by atoms with Crippen LogP contribution in [0.3, 0.4) is 0 Å². The number of amidine groups is 1. The molecule has 0 spiro atoms. The minimum Gasteiger partial charge on any atom is -0.384 e. The van der Waals surface area contributed by atoms with Crippen molar-refractivity contribution >= 4 is 17.5 Å². The molecular formula is C25H31N3O2. The number of nitrogens with two attached hydrogens (primary N) is 1. The number of Topliss-reactive ketones (excluding diaryl/α,β-unsaturated/α-hetero) is 1. The van der Waals surface area contributed by atoms with Crippen LogP contribution in [0.15, 0.2) is 48.5 Å². The predicted molar refractivity (Wildman–Crippen MR) is 120 cm³/mol. The van der Waals surface area contributed by atoms with Crippen molar-refractivity contribution in [2.75, 3.05) is 0 Å². The summed E-state index contributed by atoms with van der Waals surface area (Å²) in [6, 6.07) is 15.4. The molecular weight excluding hydrogens is 374 g/mol. The van der Waals surface area contributed by atoms with Gasteiger partial charge in [0.2, 0.25) is 5.91 Å². The van der Waals surface area contributed by atoms with Crippen molar-refractivity contribution in [2.45, 2.75) is 57.9 Å². The first-order valence-corrected chi connectivity index (χ1v) is 10.7. The molecule has 0 saturated heterocycles. The lowest BCUT2D eigenvalue weighted by molar-refractivity contribution is -0.129. The van der Waals surface area contributed by atoms with Crippen molar-refractivity contribution in [3.8, 4) is 0 Å². The van der Waals surface area contributed by atoms with E-state index < -0.39 is 6.04 Å². The highest BCUT2D eigenvalue weighted by molar-refractivity contribution is 5.95. The first-order chi connectivity index (χ1) is 14.3. The summed E-state index contributed by atoms with van der Waals surface area (Å²) in [7, 11) is 0. The third kappa shape index (κ3) is 5.56. The molecule has 1 amide bonds. The molecule has 3 rings (SSSR count). The van der Waals surface area contributed by atoms with Crippen LogP contribution in [0.25, 0.3) is 0 Å². The first kappa shape index (κ1) is 21.8. The van der Waals surface area contributed by atoms with E-state index in [4.69, 9.17) is 11.1 Å². The number of hydrogen-bond acceptors (Lipinski definition) is 3. The molecule has 158 valence electrons. The Morgan fingerprint density at radius 3 is 2.57 bits per heavy atom. The monoisotopic (exact) mass is 405 g/mol. The van der Waals surface area contributed by atoms with Gasteiger partial charge in [0.25, 0.3) is 0 Å². The molecule has 0 heterocycles. The highest BCUT2D eigenvalue weighted by Crippen LogP contribution is 2.38. The van der Waals surface area contributed by atoms with E-state index >= 15 is 0 Å². The minimum atomic E-state index is -0.480. The Bertz CT molecular complexity index is 920. The molecule has 1 aliphatic rings. The van der Waals surface area contributed by atoms with E-state index in [0.717, 1.165) is 24.8 Å². The Morgan fingerprint density at radius 2 is 1.90 bits per heavy atom. The topological polar surface area (TPSA) is 96.0 Å². The molecule has 3 atom stereocenters. The molecule has 5 nitrogen and oxygen atoms in total. The molecule has 0 radical (unpaired) electrons. The fraction of sp³-hybridized carbons (Fsp3) is 0.400. The van der Waals surface area contributed by atoms with Crippen molar-refractivity contribution in [2.24, 2.45) is 11.7 Å². The molecule has 30 heavy (non-hydrogen) atoms. The summed E-state index contributed by atoms with van der Waals surface area (Å²) in [6.45, 7) is 3.86. The van der Waals surface area contributed by atoms with Crippen LogP contribution >= 0.6 is 0 Å². The maximum absolute atomic E-state index is 12.7. The lowest BCUT2D eigenvalue weighted by Gasteiger charge is -2.17. The Morgan fingerprint density at radius 1 is 1.17 bits per heavy atom. The predicted octanol–water partition coefficient (Wildman–Crippen LogP) is 3.87. The third-order valence-corrected chi connectivity index (χ3v) is 6.08. The molecule has 0 bridgehead atoms. The smallest absolute Gasteiger partial charge is 0.223 e. The zero-order valence-electron chi connectivity index (χ0n) is 17.8. The summed E-state index contributed by atoms with van der Waals surface area (Å²) in [6.07, 6.45) is 3.71. The number of rotatable bonds is 8. The van der Waals surface area contributed by atoms with E-state index in [2.05, 4.69) is 36.5 Å². The fourth-order valence-corrected chi connectivity index (χ4v) is 4.19. The van der Waals surface area contributed by atoms with E-state index in [1.54, 1.807) is 19.1 Å². The summed E-state index contributed by atoms with van der Waals surface area (Å²) >= 11 is 0. The molecule has 2 aromatic rings. The Balaban J connectivity index is 1.46. The highest BCUT2D eigenvalue weighted by atomic mass is 16.2. The maximum Gasteiger partial charge on any atom is 0.223 e. The zero-order chi connectivity index (χ0) is 21.7. The quantitative estimate of drug-likeness (QED) is 0.459. The molecule has 5 heteroatoms. The SMILES string of the molecule is Cc1cccc(C2CC[C@@H](C(=O)N[C@@H](C)C(=O)CCc3ccc(C(=N)N)cc3)C2)c1. The minimum absolute atomic E-state index is 0.00295. The molecule has 0 aliphatic heterocycles. The molecule has 1 saturated carbocycles. The molecule has 1 fully saturated rings. The summed E-state index contributed by atoms with van der Waals surface area (Å²) in [5, 5.41) is 10.4. The molecule has 2 aromatic carbocycles. The maximum atomic E-state index is 12.7. The average molecular weight is 406 g/mol. The van der Waals surface area contributed by atoms with Gasteiger partial charge in [0.1, 0.15) is 5.84 Å². The van der Waals surface area contributed by atoms with Crippen molar-refractivity contribution in [3.63, 3.8) is 0 Å². The van der Waals surface area contributed by atoms with Gasteiger partial charge in [-0.3, -0.25) is 15.0 Å². The number of benzene rings is 2. The van der Waals surface area contributed by atoms with Gasteiger partial charge in [-0.1, -0.05) is 54.1 Å². The van der Waals surface area contributed by atoms with Crippen molar-refractivity contribution in [3.05, 3.63) is 70.8 Å². The Hall–Kier alpha value is -2.95. The van der Waals surface area contributed by atoms with Gasteiger partial charge in [-0.25, -0.2) is 0 Å². The lowest BCUT2D eigenvalue weighted by Crippen LogP contribution is -2.41. The second-order valence-corrected chi connectivity index (χ2v) is 8.43. The standard InChI is InChI=1S/C25H31N3O2/c1-16-4-3-5-20(14-16)21-11-12-22(15-21)25(30)28-17(2)23(29)13-8-18-6-9-19(10-7-18)24(26)27/h3-7,9-10,14,17,21-22H,8,11-13,15H2,1-2H3,(H3,26,27)(H,28,30)/t17-,21?,22+/m0/s1. The highest BCUT2D eigenvalue weighted by Gasteiger charge is 2.31. The van der Waals surface area contributed by atoms with Crippen molar-refractivity contribution in [1.82, 2.24) is 5.32 Å². The van der Waals surface area contributed by atoms with Crippen LogP contribution in [0.1, 0.15) is 60.8 Å². The van der Waals surface area contributed by atoms with Crippen molar-refractivity contribution < 1.29 is 9.59 Å². The summed E-state index contributed by atoms with van der Waals surface area (Å²) in [4.78, 5) is 25.2. The fourth-order valence-electron chi connectivity index (χ4n) is 4.19. The number of carbonyl (C=O) groups excluding carboxylic acids is 2. The van der Waals surface area contributed by atoms with Gasteiger partial charge in [-0.05, 0) is 56.6 Å². The zero-order valence-corrected chi connectivity index (χ0v) is 17.8. The largest absolute Gasteiger partial charge is 0.384 e. The first-order valence-electron chi connectivity index (χ1n) is 10.7. The van der Waals surface area contributed by atoms with E-state index in [-0.39, 0.29) is 23.4 Å². The summed E-state index contributed by atoms with van der Waals surface area (Å²) < 4.78 is 0. The number of aryl methyl sites for hydroxylation is 2. The summed E-state index contributed by atoms with van der Waals surface area (Å²) in [5.41, 5.74) is 9.71. The van der Waals surface area contributed by atoms with Crippen LogP contribution in [-0.2, 0) is 16.0 Å². The molecule has 0 aromatic heterocycles. The second kappa shape index (κ2) is 9.70. The average Bonchev–Trinajstić information content (AvgIpc) is 3.22. The van der Waals surface area contributed by atoms with E-state index in [0.29, 0.717) is 24.3 Å². The van der Waals surface area contributed by atoms with Crippen LogP contribution in [0.5, 0.6) is 0 Å². The number of nitrogen functional groups attached to an aromatic ring is 1. The van der Waals surface area contributed by atoms with Crippen LogP contribution in [0.2, 0.25) is 0 Å².